The summed E-state index contributed by atoms with van der Waals surface area (Å²) in [6, 6.07) is 52.4. The minimum atomic E-state index is -0.682. The van der Waals surface area contributed by atoms with Crippen LogP contribution in [0.3, 0.4) is 0 Å². The number of likely N-dealkylation sites (N-methyl/N-ethyl adjacent to an activating group) is 1. The molecule has 3 aliphatic heterocycles. The lowest BCUT2D eigenvalue weighted by Crippen LogP contribution is -2.50. The minimum Gasteiger partial charge on any atom is -0.497 e. The van der Waals surface area contributed by atoms with Gasteiger partial charge in [0.15, 0.2) is 0 Å². The lowest BCUT2D eigenvalue weighted by atomic mass is 10.1. The van der Waals surface area contributed by atoms with E-state index in [-0.39, 0.29) is 54.4 Å². The molecular weight excluding hydrogens is 1570 g/mol. The van der Waals surface area contributed by atoms with Gasteiger partial charge in [-0.1, -0.05) is 130 Å². The van der Waals surface area contributed by atoms with Crippen LogP contribution < -0.4 is 36.1 Å². The first-order chi connectivity index (χ1) is 54.3. The zero-order chi connectivity index (χ0) is 80.5. The number of benzene rings is 8. The number of hydrogen-bond donors (Lipinski definition) is 0. The van der Waals surface area contributed by atoms with Crippen LogP contribution in [0.15, 0.2) is 196 Å². The number of methoxy groups -OCH3 is 1. The number of nitro groups is 2. The third kappa shape index (κ3) is 18.2. The monoisotopic (exact) mass is 1650 g/mol. The summed E-state index contributed by atoms with van der Waals surface area (Å²) < 4.78 is 14.9. The van der Waals surface area contributed by atoms with Crippen molar-refractivity contribution in [1.82, 2.24) is 33.3 Å². The Morgan fingerprint density at radius 3 is 1.19 bits per heavy atom. The van der Waals surface area contributed by atoms with Crippen LogP contribution in [-0.2, 0) is 24.4 Å². The summed E-state index contributed by atoms with van der Waals surface area (Å²) in [5, 5.41) is 28.8. The molecule has 0 atom stereocenters. The number of esters is 1. The van der Waals surface area contributed by atoms with E-state index in [9.17, 15) is 53.8 Å². The van der Waals surface area contributed by atoms with Gasteiger partial charge in [-0.2, -0.15) is 0 Å². The Hall–Kier alpha value is -11.0. The Morgan fingerprint density at radius 1 is 0.434 bits per heavy atom. The van der Waals surface area contributed by atoms with Crippen molar-refractivity contribution < 1.29 is 38.5 Å². The topological polar surface area (TPSA) is 262 Å². The average Bonchev–Trinajstić information content (AvgIpc) is 0.754. The lowest BCUT2D eigenvalue weighted by molar-refractivity contribution is -0.385. The van der Waals surface area contributed by atoms with Gasteiger partial charge in [-0.25, -0.2) is 4.79 Å². The number of carbonyl (C=O) groups is 4. The maximum absolute atomic E-state index is 13.8. The van der Waals surface area contributed by atoms with Crippen molar-refractivity contribution in [3.8, 4) is 5.75 Å². The number of ether oxygens (including phenoxy) is 2. The molecular formula is C82H76Cl6N12O13. The van der Waals surface area contributed by atoms with E-state index >= 15 is 0 Å². The number of halogens is 6. The van der Waals surface area contributed by atoms with Crippen LogP contribution in [0, 0.1) is 20.2 Å². The quantitative estimate of drug-likeness (QED) is 0.0439. The Bertz CT molecular complexity index is 5640. The number of carbonyl (C=O) groups excluding carboxylic acids is 4. The van der Waals surface area contributed by atoms with Crippen LogP contribution in [-0.4, -0.2) is 180 Å². The molecule has 584 valence electrons. The van der Waals surface area contributed by atoms with E-state index < -0.39 is 43.9 Å². The van der Waals surface area contributed by atoms with Crippen LogP contribution >= 0.6 is 69.6 Å². The van der Waals surface area contributed by atoms with Gasteiger partial charge in [0.2, 0.25) is 0 Å². The molecule has 0 unspecified atom stereocenters. The van der Waals surface area contributed by atoms with Gasteiger partial charge in [-0.15, -0.1) is 0 Å². The second kappa shape index (κ2) is 36.2. The number of pyridine rings is 3. The van der Waals surface area contributed by atoms with Crippen molar-refractivity contribution in [3.63, 3.8) is 0 Å². The zero-order valence-electron chi connectivity index (χ0n) is 61.8. The van der Waals surface area contributed by atoms with Gasteiger partial charge in [-0.05, 0) is 153 Å². The first kappa shape index (κ1) is 81.5. The summed E-state index contributed by atoms with van der Waals surface area (Å²) in [6.07, 6.45) is 0. The molecule has 3 saturated heterocycles. The molecule has 0 aliphatic carbocycles. The lowest BCUT2D eigenvalue weighted by Gasteiger charge is -2.37. The van der Waals surface area contributed by atoms with Gasteiger partial charge in [0, 0.05) is 145 Å². The van der Waals surface area contributed by atoms with Gasteiger partial charge in [0.25, 0.3) is 23.3 Å². The summed E-state index contributed by atoms with van der Waals surface area (Å²) in [4.78, 5) is 129. The highest BCUT2D eigenvalue weighted by Crippen LogP contribution is 2.40. The average molecular weight is 1650 g/mol. The molecule has 113 heavy (non-hydrogen) atoms. The molecule has 3 aliphatic rings. The Morgan fingerprint density at radius 2 is 0.805 bits per heavy atom. The molecule has 3 aromatic heterocycles. The predicted molar refractivity (Wildman–Crippen MR) is 444 cm³/mol. The highest BCUT2D eigenvalue weighted by Gasteiger charge is 2.37. The van der Waals surface area contributed by atoms with Crippen LogP contribution in [0.1, 0.15) is 59.5 Å². The number of piperazine rings is 3. The van der Waals surface area contributed by atoms with Crippen molar-refractivity contribution in [3.05, 3.63) is 297 Å². The van der Waals surface area contributed by atoms with E-state index in [1.54, 1.807) is 160 Å². The van der Waals surface area contributed by atoms with E-state index in [1.165, 1.54) is 9.13 Å². The van der Waals surface area contributed by atoms with Gasteiger partial charge in [-0.3, -0.25) is 58.1 Å². The van der Waals surface area contributed by atoms with Crippen LogP contribution in [0.2, 0.25) is 30.1 Å². The highest BCUT2D eigenvalue weighted by molar-refractivity contribution is 6.42. The molecule has 0 saturated carbocycles. The van der Waals surface area contributed by atoms with E-state index in [0.717, 1.165) is 11.1 Å². The Labute approximate surface area is 678 Å². The molecule has 0 spiro atoms. The van der Waals surface area contributed by atoms with Crippen molar-refractivity contribution >= 4 is 154 Å². The molecule has 3 fully saturated rings. The summed E-state index contributed by atoms with van der Waals surface area (Å²) in [7, 11) is 5.40. The summed E-state index contributed by atoms with van der Waals surface area (Å²) in [5.74, 6) is -0.459. The van der Waals surface area contributed by atoms with Gasteiger partial charge < -0.3 is 48.3 Å². The molecule has 0 N–H and O–H groups in total. The smallest absolute Gasteiger partial charge is 0.357 e. The van der Waals surface area contributed by atoms with Crippen LogP contribution in [0.5, 0.6) is 5.75 Å². The highest BCUT2D eigenvalue weighted by atomic mass is 35.5. The predicted octanol–water partition coefficient (Wildman–Crippen LogP) is 14.5. The number of fused-ring (bicyclic) bond motifs is 3. The van der Waals surface area contributed by atoms with Gasteiger partial charge >= 0.3 is 28.5 Å². The summed E-state index contributed by atoms with van der Waals surface area (Å²) >= 11 is 37.1. The fourth-order valence-corrected chi connectivity index (χ4v) is 15.1. The van der Waals surface area contributed by atoms with Crippen molar-refractivity contribution in [2.24, 2.45) is 0 Å². The number of nitrogens with zero attached hydrogens (tertiary/aromatic N) is 12. The number of amides is 3. The zero-order valence-corrected chi connectivity index (χ0v) is 66.3. The molecule has 6 heterocycles. The second-order valence-electron chi connectivity index (χ2n) is 27.1. The number of anilines is 3. The molecule has 31 heteroatoms. The normalized spacial score (nSPS) is 13.7. The second-order valence-corrected chi connectivity index (χ2v) is 29.6. The maximum Gasteiger partial charge on any atom is 0.357 e. The maximum atomic E-state index is 13.8. The van der Waals surface area contributed by atoms with Crippen molar-refractivity contribution in [2.75, 3.05) is 128 Å². The van der Waals surface area contributed by atoms with Crippen molar-refractivity contribution in [2.45, 2.75) is 26.6 Å². The van der Waals surface area contributed by atoms with Gasteiger partial charge in [0.05, 0.1) is 68.9 Å². The van der Waals surface area contributed by atoms with E-state index in [2.05, 4.69) is 0 Å². The van der Waals surface area contributed by atoms with Crippen LogP contribution in [0.25, 0.3) is 32.7 Å². The number of hydrogen-bond acceptors (Lipinski definition) is 17. The fourth-order valence-electron chi connectivity index (χ4n) is 14.2. The standard InChI is InChI=1S/C28H25ClN4O5.C27H29Cl3N4O4.C27H22Cl2N4O4/c1-38-22-10-7-20(8-11-22)27(34)31-15-13-30(14-16-31)25-23-17-21(29)9-12-24(23)32(28(35)26(25)33(36)37)18-19-5-3-2-4-6-19;1-4-38-27(37)23-24(19-16-18(28)6-8-22(19)34(26(23)36)14-9-31(2)3)32-10-12-33(13-11-32)25(35)17-5-7-20(29)21(30)15-17;28-20-8-6-19(7-9-20)26(34)31-14-12-30(13-15-31)24-22-16-21(29)10-11-23(22)32(27(35)25(24)33(36)37)17-18-4-2-1-3-5-18/h2-12,17H,13-16,18H2,1H3;5-8,15-16H,4,9-14H2,1-3H3;1-11,16H,12-15,17H2. The largest absolute Gasteiger partial charge is 0.497 e. The van der Waals surface area contributed by atoms with Gasteiger partial charge in [0.1, 0.15) is 22.7 Å². The molecule has 0 bridgehead atoms. The molecule has 8 aromatic carbocycles. The molecule has 14 rings (SSSR count). The number of aromatic nitrogens is 3. The third-order valence-electron chi connectivity index (χ3n) is 19.8. The first-order valence-electron chi connectivity index (χ1n) is 36.1. The van der Waals surface area contributed by atoms with E-state index in [0.29, 0.717) is 183 Å². The molecule has 3 amide bonds. The SMILES string of the molecule is CCOC(=O)c1c(N2CCN(C(=O)c3ccc(Cl)c(Cl)c3)CC2)c2cc(Cl)ccc2n(CCN(C)C)c1=O.COc1ccc(C(=O)N2CCN(c3c([N+](=O)[O-])c(=O)n(Cc4ccccc4)c4ccc(Cl)cc34)CC2)cc1.O=C(c1ccc(Cl)cc1)N1CCN(c2c([N+](=O)[O-])c(=O)n(Cc3ccccc3)c3ccc(Cl)cc23)CC1. The number of rotatable bonds is 18. The minimum absolute atomic E-state index is 0.0235. The Balaban J connectivity index is 0.000000157. The molecule has 11 aromatic rings. The molecule has 25 nitrogen and oxygen atoms in total. The van der Waals surface area contributed by atoms with Crippen LogP contribution in [0.4, 0.5) is 28.4 Å². The van der Waals surface area contributed by atoms with E-state index in [4.69, 9.17) is 79.1 Å². The van der Waals surface area contributed by atoms with E-state index in [1.807, 2.05) is 89.5 Å². The third-order valence-corrected chi connectivity index (χ3v) is 21.5. The fraction of sp³-hybridized carbons (Fsp3) is 0.256. The summed E-state index contributed by atoms with van der Waals surface area (Å²) in [6.45, 7) is 7.44. The Kier molecular flexibility index (Phi) is 26.1. The van der Waals surface area contributed by atoms with Crippen molar-refractivity contribution in [1.29, 1.82) is 0 Å². The molecule has 0 radical (unpaired) electrons. The summed E-state index contributed by atoms with van der Waals surface area (Å²) in [5.41, 5.74) is 3.13. The first-order valence-corrected chi connectivity index (χ1v) is 38.3.